The highest BCUT2D eigenvalue weighted by Gasteiger charge is 2.36. The van der Waals surface area contributed by atoms with Gasteiger partial charge in [0.2, 0.25) is 0 Å². The number of carbonyl (C=O) groups is 2. The van der Waals surface area contributed by atoms with Gasteiger partial charge in [-0.3, -0.25) is 0 Å². The number of hydrogen-bond donors (Lipinski definition) is 3. The lowest BCUT2D eigenvalue weighted by Gasteiger charge is -2.29. The van der Waals surface area contributed by atoms with E-state index in [0.29, 0.717) is 19.4 Å². The van der Waals surface area contributed by atoms with Crippen LogP contribution >= 0.6 is 0 Å². The molecule has 1 saturated heterocycles. The summed E-state index contributed by atoms with van der Waals surface area (Å²) in [6.07, 6.45) is 4.48. The summed E-state index contributed by atoms with van der Waals surface area (Å²) in [5.74, 6) is -0.978. The summed E-state index contributed by atoms with van der Waals surface area (Å²) in [6, 6.07) is -0.395. The number of piperidine rings is 1. The minimum atomic E-state index is -1.16. The first-order valence-electron chi connectivity index (χ1n) is 7.56. The standard InChI is InChI=1S/C14H27N3O3/c1-3-14(4-2,12(18)19)16-13(20)15-8-11-17-9-6-5-7-10-17/h3-11H2,1-2H3,(H,18,19)(H2,15,16,20). The van der Waals surface area contributed by atoms with Crippen molar-refractivity contribution in [1.29, 1.82) is 0 Å². The van der Waals surface area contributed by atoms with Gasteiger partial charge in [-0.1, -0.05) is 20.3 Å². The van der Waals surface area contributed by atoms with Gasteiger partial charge in [0.05, 0.1) is 0 Å². The number of nitrogens with one attached hydrogen (secondary N) is 2. The Labute approximate surface area is 120 Å². The van der Waals surface area contributed by atoms with E-state index in [2.05, 4.69) is 15.5 Å². The van der Waals surface area contributed by atoms with E-state index in [1.807, 2.05) is 0 Å². The second-order valence-electron chi connectivity index (χ2n) is 5.38. The van der Waals surface area contributed by atoms with Gasteiger partial charge in [-0.2, -0.15) is 0 Å². The highest BCUT2D eigenvalue weighted by atomic mass is 16.4. The predicted octanol–water partition coefficient (Wildman–Crippen LogP) is 1.41. The van der Waals surface area contributed by atoms with Gasteiger partial charge >= 0.3 is 12.0 Å². The molecule has 0 unspecified atom stereocenters. The van der Waals surface area contributed by atoms with Gasteiger partial charge in [0, 0.05) is 13.1 Å². The van der Waals surface area contributed by atoms with Crippen LogP contribution in [0.25, 0.3) is 0 Å². The number of hydrogen-bond acceptors (Lipinski definition) is 3. The van der Waals surface area contributed by atoms with Gasteiger partial charge in [-0.25, -0.2) is 9.59 Å². The zero-order valence-electron chi connectivity index (χ0n) is 12.6. The summed E-state index contributed by atoms with van der Waals surface area (Å²) in [4.78, 5) is 25.4. The van der Waals surface area contributed by atoms with E-state index >= 15 is 0 Å². The number of amides is 2. The molecule has 1 aliphatic heterocycles. The van der Waals surface area contributed by atoms with Crippen molar-refractivity contribution in [2.75, 3.05) is 26.2 Å². The maximum atomic E-state index is 11.8. The Kier molecular flexibility index (Phi) is 6.78. The molecule has 1 fully saturated rings. The normalized spacial score (nSPS) is 16.7. The van der Waals surface area contributed by atoms with Crippen LogP contribution in [0, 0.1) is 0 Å². The fourth-order valence-electron chi connectivity index (χ4n) is 2.55. The number of likely N-dealkylation sites (tertiary alicyclic amines) is 1. The van der Waals surface area contributed by atoms with Crippen LogP contribution in [0.2, 0.25) is 0 Å². The SMILES string of the molecule is CCC(CC)(NC(=O)NCCN1CCCCC1)C(=O)O. The van der Waals surface area contributed by atoms with Crippen molar-refractivity contribution in [3.05, 3.63) is 0 Å². The van der Waals surface area contributed by atoms with Gasteiger partial charge in [0.1, 0.15) is 5.54 Å². The van der Waals surface area contributed by atoms with Gasteiger partial charge in [-0.05, 0) is 38.8 Å². The molecule has 3 N–H and O–H groups in total. The zero-order chi connectivity index (χ0) is 15.0. The fraction of sp³-hybridized carbons (Fsp3) is 0.857. The number of rotatable bonds is 7. The van der Waals surface area contributed by atoms with Crippen LogP contribution in [0.1, 0.15) is 46.0 Å². The molecule has 0 radical (unpaired) electrons. The van der Waals surface area contributed by atoms with Gasteiger partial charge in [0.15, 0.2) is 0 Å². The van der Waals surface area contributed by atoms with E-state index in [1.165, 1.54) is 19.3 Å². The minimum absolute atomic E-state index is 0.373. The van der Waals surface area contributed by atoms with E-state index in [0.717, 1.165) is 19.6 Å². The molecule has 1 aliphatic rings. The summed E-state index contributed by atoms with van der Waals surface area (Å²) < 4.78 is 0. The average molecular weight is 285 g/mol. The van der Waals surface area contributed by atoms with Crippen LogP contribution < -0.4 is 10.6 Å². The molecule has 0 spiro atoms. The maximum Gasteiger partial charge on any atom is 0.329 e. The lowest BCUT2D eigenvalue weighted by atomic mass is 9.93. The van der Waals surface area contributed by atoms with Crippen LogP contribution in [-0.2, 0) is 4.79 Å². The molecule has 0 bridgehead atoms. The first-order valence-corrected chi connectivity index (χ1v) is 7.56. The molecule has 0 saturated carbocycles. The molecular weight excluding hydrogens is 258 g/mol. The first kappa shape index (κ1) is 16.8. The third-order valence-electron chi connectivity index (χ3n) is 4.13. The smallest absolute Gasteiger partial charge is 0.329 e. The number of carbonyl (C=O) groups excluding carboxylic acids is 1. The van der Waals surface area contributed by atoms with Crippen molar-refractivity contribution < 1.29 is 14.7 Å². The minimum Gasteiger partial charge on any atom is -0.480 e. The molecule has 6 nitrogen and oxygen atoms in total. The van der Waals surface area contributed by atoms with Crippen molar-refractivity contribution in [2.24, 2.45) is 0 Å². The molecule has 20 heavy (non-hydrogen) atoms. The second kappa shape index (κ2) is 8.09. The third-order valence-corrected chi connectivity index (χ3v) is 4.13. The maximum absolute atomic E-state index is 11.8. The van der Waals surface area contributed by atoms with E-state index in [9.17, 15) is 14.7 Å². The van der Waals surface area contributed by atoms with Crippen molar-refractivity contribution in [3.63, 3.8) is 0 Å². The van der Waals surface area contributed by atoms with E-state index in [4.69, 9.17) is 0 Å². The number of carboxylic acid groups (broad SMARTS) is 1. The Morgan fingerprint density at radius 3 is 2.25 bits per heavy atom. The summed E-state index contributed by atoms with van der Waals surface area (Å²) in [5.41, 5.74) is -1.16. The number of nitrogens with zero attached hydrogens (tertiary/aromatic N) is 1. The van der Waals surface area contributed by atoms with Crippen molar-refractivity contribution in [2.45, 2.75) is 51.5 Å². The number of urea groups is 1. The molecular formula is C14H27N3O3. The topological polar surface area (TPSA) is 81.7 Å². The first-order chi connectivity index (χ1) is 9.54. The third kappa shape index (κ3) is 4.67. The fourth-order valence-corrected chi connectivity index (χ4v) is 2.55. The van der Waals surface area contributed by atoms with E-state index in [1.54, 1.807) is 13.8 Å². The monoisotopic (exact) mass is 285 g/mol. The Morgan fingerprint density at radius 2 is 1.75 bits per heavy atom. The zero-order valence-corrected chi connectivity index (χ0v) is 12.6. The molecule has 1 heterocycles. The average Bonchev–Trinajstić information content (AvgIpc) is 2.45. The molecule has 6 heteroatoms. The van der Waals surface area contributed by atoms with E-state index in [-0.39, 0.29) is 0 Å². The lowest BCUT2D eigenvalue weighted by Crippen LogP contribution is -2.57. The van der Waals surface area contributed by atoms with Crippen LogP contribution in [0.5, 0.6) is 0 Å². The summed E-state index contributed by atoms with van der Waals surface area (Å²) in [6.45, 7) is 7.09. The number of aliphatic carboxylic acids is 1. The Hall–Kier alpha value is -1.30. The summed E-state index contributed by atoms with van der Waals surface area (Å²) >= 11 is 0. The highest BCUT2D eigenvalue weighted by molar-refractivity contribution is 5.86. The summed E-state index contributed by atoms with van der Waals surface area (Å²) in [5, 5.41) is 14.6. The molecule has 2 amide bonds. The molecule has 0 aromatic heterocycles. The highest BCUT2D eigenvalue weighted by Crippen LogP contribution is 2.15. The Bertz CT molecular complexity index is 324. The van der Waals surface area contributed by atoms with Crippen molar-refractivity contribution in [1.82, 2.24) is 15.5 Å². The van der Waals surface area contributed by atoms with Crippen molar-refractivity contribution >= 4 is 12.0 Å². The van der Waals surface area contributed by atoms with Crippen LogP contribution in [0.15, 0.2) is 0 Å². The van der Waals surface area contributed by atoms with Gasteiger partial charge in [0.25, 0.3) is 0 Å². The largest absolute Gasteiger partial charge is 0.480 e. The van der Waals surface area contributed by atoms with Crippen molar-refractivity contribution in [3.8, 4) is 0 Å². The van der Waals surface area contributed by atoms with Crippen LogP contribution in [0.3, 0.4) is 0 Å². The molecule has 116 valence electrons. The van der Waals surface area contributed by atoms with Crippen LogP contribution in [-0.4, -0.2) is 53.7 Å². The molecule has 0 atom stereocenters. The molecule has 0 aromatic rings. The van der Waals surface area contributed by atoms with Crippen LogP contribution in [0.4, 0.5) is 4.79 Å². The Morgan fingerprint density at radius 1 is 1.15 bits per heavy atom. The quantitative estimate of drug-likeness (QED) is 0.660. The summed E-state index contributed by atoms with van der Waals surface area (Å²) in [7, 11) is 0. The Balaban J connectivity index is 2.32. The lowest BCUT2D eigenvalue weighted by molar-refractivity contribution is -0.144. The van der Waals surface area contributed by atoms with Gasteiger partial charge < -0.3 is 20.6 Å². The van der Waals surface area contributed by atoms with E-state index < -0.39 is 17.5 Å². The second-order valence-corrected chi connectivity index (χ2v) is 5.38. The van der Waals surface area contributed by atoms with Gasteiger partial charge in [-0.15, -0.1) is 0 Å². The predicted molar refractivity (Wildman–Crippen MR) is 77.8 cm³/mol. The molecule has 0 aromatic carbocycles. The molecule has 1 rings (SSSR count). The molecule has 0 aliphatic carbocycles. The number of carboxylic acids is 1.